The topological polar surface area (TPSA) is 62.3 Å². The van der Waals surface area contributed by atoms with Gasteiger partial charge in [-0.15, -0.1) is 0 Å². The largest absolute Gasteiger partial charge is 0.352 e. The molecule has 0 saturated carbocycles. The number of carbonyl (C=O) groups excluding carboxylic acids is 2. The summed E-state index contributed by atoms with van der Waals surface area (Å²) in [5.74, 6) is -0.202. The number of carbonyl (C=O) groups is 2. The standard InChI is InChI=1S/C17H25N3O2/c1-2-3-5-9-19-16(21)14-8-10-18-15(13-14)17(22)20-11-6-4-7-12-20/h8,10,13H,2-7,9,11-12H2,1H3,(H,19,21). The van der Waals surface area contributed by atoms with Crippen LogP contribution in [0.5, 0.6) is 0 Å². The summed E-state index contributed by atoms with van der Waals surface area (Å²) in [6.07, 6.45) is 8.02. The quantitative estimate of drug-likeness (QED) is 0.822. The number of unbranched alkanes of at least 4 members (excludes halogenated alkanes) is 2. The zero-order valence-corrected chi connectivity index (χ0v) is 13.3. The highest BCUT2D eigenvalue weighted by molar-refractivity contribution is 5.98. The maximum atomic E-state index is 12.4. The van der Waals surface area contributed by atoms with Crippen LogP contribution in [0.2, 0.25) is 0 Å². The summed E-state index contributed by atoms with van der Waals surface area (Å²) in [6.45, 7) is 4.37. The summed E-state index contributed by atoms with van der Waals surface area (Å²) in [7, 11) is 0. The van der Waals surface area contributed by atoms with E-state index in [2.05, 4.69) is 17.2 Å². The van der Waals surface area contributed by atoms with Crippen LogP contribution in [0, 0.1) is 0 Å². The van der Waals surface area contributed by atoms with E-state index in [9.17, 15) is 9.59 Å². The molecule has 2 heterocycles. The third-order valence-electron chi connectivity index (χ3n) is 3.95. The minimum Gasteiger partial charge on any atom is -0.352 e. The van der Waals surface area contributed by atoms with Gasteiger partial charge in [0.2, 0.25) is 0 Å². The Morgan fingerprint density at radius 3 is 2.73 bits per heavy atom. The van der Waals surface area contributed by atoms with Gasteiger partial charge < -0.3 is 10.2 Å². The van der Waals surface area contributed by atoms with Crippen LogP contribution in [0.4, 0.5) is 0 Å². The molecular weight excluding hydrogens is 278 g/mol. The van der Waals surface area contributed by atoms with Crippen molar-refractivity contribution >= 4 is 11.8 Å². The van der Waals surface area contributed by atoms with E-state index >= 15 is 0 Å². The molecule has 0 spiro atoms. The molecule has 1 aromatic heterocycles. The number of nitrogens with zero attached hydrogens (tertiary/aromatic N) is 2. The number of nitrogens with one attached hydrogen (secondary N) is 1. The maximum absolute atomic E-state index is 12.4. The number of hydrogen-bond donors (Lipinski definition) is 1. The molecule has 1 aromatic rings. The molecule has 0 aliphatic carbocycles. The Kier molecular flexibility index (Phi) is 6.37. The Hall–Kier alpha value is -1.91. The first-order valence-corrected chi connectivity index (χ1v) is 8.26. The molecule has 1 N–H and O–H groups in total. The van der Waals surface area contributed by atoms with Crippen molar-refractivity contribution < 1.29 is 9.59 Å². The molecule has 0 aromatic carbocycles. The van der Waals surface area contributed by atoms with Gasteiger partial charge in [-0.05, 0) is 37.8 Å². The average molecular weight is 303 g/mol. The van der Waals surface area contributed by atoms with Gasteiger partial charge in [0.25, 0.3) is 11.8 Å². The Morgan fingerprint density at radius 1 is 1.23 bits per heavy atom. The van der Waals surface area contributed by atoms with Crippen molar-refractivity contribution in [3.05, 3.63) is 29.6 Å². The Labute approximate surface area is 132 Å². The number of pyridine rings is 1. The predicted molar refractivity (Wildman–Crippen MR) is 85.8 cm³/mol. The zero-order chi connectivity index (χ0) is 15.8. The molecule has 0 radical (unpaired) electrons. The van der Waals surface area contributed by atoms with E-state index in [1.807, 2.05) is 4.90 Å². The second-order valence-corrected chi connectivity index (χ2v) is 5.75. The normalized spacial score (nSPS) is 14.7. The molecule has 2 amide bonds. The van der Waals surface area contributed by atoms with Gasteiger partial charge in [-0.3, -0.25) is 14.6 Å². The lowest BCUT2D eigenvalue weighted by Gasteiger charge is -2.26. The fraction of sp³-hybridized carbons (Fsp3) is 0.588. The number of rotatable bonds is 6. The third kappa shape index (κ3) is 4.55. The molecule has 0 atom stereocenters. The van der Waals surface area contributed by atoms with Crippen molar-refractivity contribution in [1.82, 2.24) is 15.2 Å². The van der Waals surface area contributed by atoms with E-state index in [0.29, 0.717) is 17.8 Å². The summed E-state index contributed by atoms with van der Waals surface area (Å²) >= 11 is 0. The third-order valence-corrected chi connectivity index (χ3v) is 3.95. The molecule has 1 fully saturated rings. The van der Waals surface area contributed by atoms with Crippen molar-refractivity contribution in [2.24, 2.45) is 0 Å². The highest BCUT2D eigenvalue weighted by Crippen LogP contribution is 2.13. The summed E-state index contributed by atoms with van der Waals surface area (Å²) in [6, 6.07) is 3.26. The van der Waals surface area contributed by atoms with Crippen LogP contribution in [0.25, 0.3) is 0 Å². The lowest BCUT2D eigenvalue weighted by molar-refractivity contribution is 0.0718. The molecule has 1 saturated heterocycles. The fourth-order valence-electron chi connectivity index (χ4n) is 2.63. The van der Waals surface area contributed by atoms with Crippen molar-refractivity contribution in [3.63, 3.8) is 0 Å². The average Bonchev–Trinajstić information content (AvgIpc) is 2.59. The van der Waals surface area contributed by atoms with E-state index in [4.69, 9.17) is 0 Å². The van der Waals surface area contributed by atoms with Crippen LogP contribution in [0.15, 0.2) is 18.3 Å². The SMILES string of the molecule is CCCCCNC(=O)c1ccnc(C(=O)N2CCCCC2)c1. The number of aromatic nitrogens is 1. The highest BCUT2D eigenvalue weighted by atomic mass is 16.2. The molecule has 22 heavy (non-hydrogen) atoms. The molecular formula is C17H25N3O2. The van der Waals surface area contributed by atoms with Crippen molar-refractivity contribution in [1.29, 1.82) is 0 Å². The van der Waals surface area contributed by atoms with Crippen LogP contribution in [0.1, 0.15) is 66.3 Å². The molecule has 5 nitrogen and oxygen atoms in total. The molecule has 1 aliphatic rings. The molecule has 5 heteroatoms. The Morgan fingerprint density at radius 2 is 2.00 bits per heavy atom. The monoisotopic (exact) mass is 303 g/mol. The maximum Gasteiger partial charge on any atom is 0.272 e. The van der Waals surface area contributed by atoms with E-state index in [1.54, 1.807) is 12.1 Å². The Bertz CT molecular complexity index is 510. The van der Waals surface area contributed by atoms with E-state index in [1.165, 1.54) is 12.6 Å². The minimum absolute atomic E-state index is 0.0691. The highest BCUT2D eigenvalue weighted by Gasteiger charge is 2.20. The molecule has 0 bridgehead atoms. The van der Waals surface area contributed by atoms with Crippen LogP contribution < -0.4 is 5.32 Å². The molecule has 2 rings (SSSR count). The van der Waals surface area contributed by atoms with Crippen LogP contribution in [0.3, 0.4) is 0 Å². The number of likely N-dealkylation sites (tertiary alicyclic amines) is 1. The molecule has 1 aliphatic heterocycles. The van der Waals surface area contributed by atoms with Gasteiger partial charge in [-0.2, -0.15) is 0 Å². The van der Waals surface area contributed by atoms with Gasteiger partial charge in [0, 0.05) is 31.4 Å². The van der Waals surface area contributed by atoms with Gasteiger partial charge in [-0.25, -0.2) is 0 Å². The van der Waals surface area contributed by atoms with E-state index in [-0.39, 0.29) is 11.8 Å². The minimum atomic E-state index is -0.133. The fourth-order valence-corrected chi connectivity index (χ4v) is 2.63. The first-order valence-electron chi connectivity index (χ1n) is 8.26. The van der Waals surface area contributed by atoms with Crippen LogP contribution in [-0.4, -0.2) is 41.3 Å². The summed E-state index contributed by atoms with van der Waals surface area (Å²) in [5.41, 5.74) is 0.870. The van der Waals surface area contributed by atoms with Crippen molar-refractivity contribution in [2.45, 2.75) is 45.4 Å². The number of piperidine rings is 1. The predicted octanol–water partition coefficient (Wildman–Crippen LogP) is 2.63. The van der Waals surface area contributed by atoms with E-state index < -0.39 is 0 Å². The summed E-state index contributed by atoms with van der Waals surface area (Å²) in [5, 5.41) is 2.89. The second-order valence-electron chi connectivity index (χ2n) is 5.75. The first kappa shape index (κ1) is 16.5. The smallest absolute Gasteiger partial charge is 0.272 e. The summed E-state index contributed by atoms with van der Waals surface area (Å²) < 4.78 is 0. The lowest BCUT2D eigenvalue weighted by atomic mass is 10.1. The number of amides is 2. The summed E-state index contributed by atoms with van der Waals surface area (Å²) in [4.78, 5) is 30.5. The number of hydrogen-bond acceptors (Lipinski definition) is 3. The second kappa shape index (κ2) is 8.51. The zero-order valence-electron chi connectivity index (χ0n) is 13.3. The lowest BCUT2D eigenvalue weighted by Crippen LogP contribution is -2.36. The van der Waals surface area contributed by atoms with Crippen molar-refractivity contribution in [2.75, 3.05) is 19.6 Å². The van der Waals surface area contributed by atoms with Crippen LogP contribution >= 0.6 is 0 Å². The Balaban J connectivity index is 1.96. The van der Waals surface area contributed by atoms with Gasteiger partial charge >= 0.3 is 0 Å². The van der Waals surface area contributed by atoms with Crippen molar-refractivity contribution in [3.8, 4) is 0 Å². The van der Waals surface area contributed by atoms with Gasteiger partial charge in [0.05, 0.1) is 0 Å². The van der Waals surface area contributed by atoms with Gasteiger partial charge in [0.1, 0.15) is 5.69 Å². The van der Waals surface area contributed by atoms with E-state index in [0.717, 1.165) is 45.2 Å². The molecule has 120 valence electrons. The first-order chi connectivity index (χ1) is 10.7. The van der Waals surface area contributed by atoms with Gasteiger partial charge in [0.15, 0.2) is 0 Å². The molecule has 0 unspecified atom stereocenters. The van der Waals surface area contributed by atoms with Crippen LogP contribution in [-0.2, 0) is 0 Å². The van der Waals surface area contributed by atoms with Gasteiger partial charge in [-0.1, -0.05) is 19.8 Å².